The topological polar surface area (TPSA) is 23.5 Å². The minimum absolute atomic E-state index is 0.178. The van der Waals surface area contributed by atoms with Crippen LogP contribution in [0.4, 0.5) is 0 Å². The molecule has 0 saturated heterocycles. The Hall–Kier alpha value is -2.42. The van der Waals surface area contributed by atoms with Crippen molar-refractivity contribution < 1.29 is 5.21 Å². The van der Waals surface area contributed by atoms with Gasteiger partial charge in [-0.1, -0.05) is 91.0 Å². The van der Waals surface area contributed by atoms with Crippen LogP contribution in [0.3, 0.4) is 0 Å². The summed E-state index contributed by atoms with van der Waals surface area (Å²) >= 11 is 0. The molecule has 0 unspecified atom stereocenters. The Bertz CT molecular complexity index is 643. The monoisotopic (exact) mass is 289 g/mol. The Morgan fingerprint density at radius 1 is 0.636 bits per heavy atom. The number of hydrogen-bond acceptors (Lipinski definition) is 2. The van der Waals surface area contributed by atoms with Crippen LogP contribution in [0.1, 0.15) is 22.7 Å². The fraction of sp³-hybridized carbons (Fsp3) is 0.100. The van der Waals surface area contributed by atoms with Gasteiger partial charge in [0.25, 0.3) is 0 Å². The van der Waals surface area contributed by atoms with Gasteiger partial charge in [-0.05, 0) is 16.7 Å². The quantitative estimate of drug-likeness (QED) is 0.690. The summed E-state index contributed by atoms with van der Waals surface area (Å²) in [6, 6.07) is 30.0. The van der Waals surface area contributed by atoms with Gasteiger partial charge in [0, 0.05) is 6.54 Å². The molecule has 0 saturated carbocycles. The molecule has 0 bridgehead atoms. The smallest absolute Gasteiger partial charge is 0.0853 e. The van der Waals surface area contributed by atoms with E-state index < -0.39 is 0 Å². The average molecular weight is 289 g/mol. The number of rotatable bonds is 5. The van der Waals surface area contributed by atoms with Gasteiger partial charge in [0.15, 0.2) is 0 Å². The molecular formula is C20H19NO. The summed E-state index contributed by atoms with van der Waals surface area (Å²) in [5, 5.41) is 12.1. The molecule has 3 aromatic carbocycles. The van der Waals surface area contributed by atoms with Crippen molar-refractivity contribution in [3.63, 3.8) is 0 Å². The first-order valence-corrected chi connectivity index (χ1v) is 7.44. The van der Waals surface area contributed by atoms with Crippen LogP contribution in [0.15, 0.2) is 91.0 Å². The first kappa shape index (κ1) is 14.5. The highest BCUT2D eigenvalue weighted by molar-refractivity contribution is 5.31. The van der Waals surface area contributed by atoms with E-state index in [9.17, 15) is 5.21 Å². The first-order chi connectivity index (χ1) is 10.8. The third-order valence-electron chi connectivity index (χ3n) is 3.72. The van der Waals surface area contributed by atoms with E-state index in [-0.39, 0.29) is 6.04 Å². The van der Waals surface area contributed by atoms with Gasteiger partial charge in [0.05, 0.1) is 6.04 Å². The lowest BCUT2D eigenvalue weighted by atomic mass is 9.98. The molecule has 0 radical (unpaired) electrons. The molecule has 0 spiro atoms. The third kappa shape index (κ3) is 3.42. The van der Waals surface area contributed by atoms with Crippen molar-refractivity contribution in [2.45, 2.75) is 12.6 Å². The number of hydrogen-bond donors (Lipinski definition) is 1. The summed E-state index contributed by atoms with van der Waals surface area (Å²) < 4.78 is 0. The maximum absolute atomic E-state index is 10.7. The lowest BCUT2D eigenvalue weighted by Crippen LogP contribution is -2.25. The van der Waals surface area contributed by atoms with E-state index in [2.05, 4.69) is 0 Å². The molecule has 2 heteroatoms. The molecule has 0 aromatic heterocycles. The molecule has 0 aliphatic rings. The van der Waals surface area contributed by atoms with Gasteiger partial charge in [-0.15, -0.1) is 0 Å². The fourth-order valence-electron chi connectivity index (χ4n) is 2.67. The van der Waals surface area contributed by atoms with Crippen LogP contribution in [0.5, 0.6) is 0 Å². The zero-order chi connectivity index (χ0) is 15.2. The van der Waals surface area contributed by atoms with Gasteiger partial charge in [0.1, 0.15) is 0 Å². The lowest BCUT2D eigenvalue weighted by molar-refractivity contribution is -0.125. The molecular weight excluding hydrogens is 270 g/mol. The molecule has 0 atom stereocenters. The van der Waals surface area contributed by atoms with Crippen LogP contribution < -0.4 is 0 Å². The molecule has 3 rings (SSSR count). The van der Waals surface area contributed by atoms with Crippen LogP contribution in [-0.4, -0.2) is 10.3 Å². The van der Waals surface area contributed by atoms with Crippen LogP contribution in [-0.2, 0) is 6.54 Å². The van der Waals surface area contributed by atoms with Gasteiger partial charge in [-0.25, -0.2) is 0 Å². The summed E-state index contributed by atoms with van der Waals surface area (Å²) in [5.74, 6) is 0. The second kappa shape index (κ2) is 7.03. The first-order valence-electron chi connectivity index (χ1n) is 7.44. The normalized spacial score (nSPS) is 11.0. The van der Waals surface area contributed by atoms with Gasteiger partial charge >= 0.3 is 0 Å². The Morgan fingerprint density at radius 2 is 1.05 bits per heavy atom. The summed E-state index contributed by atoms with van der Waals surface area (Å²) in [4.78, 5) is 0. The second-order valence-electron chi connectivity index (χ2n) is 5.31. The van der Waals surface area contributed by atoms with E-state index in [0.29, 0.717) is 6.54 Å². The van der Waals surface area contributed by atoms with Crippen LogP contribution in [0.2, 0.25) is 0 Å². The van der Waals surface area contributed by atoms with Crippen molar-refractivity contribution in [3.8, 4) is 0 Å². The van der Waals surface area contributed by atoms with Crippen LogP contribution >= 0.6 is 0 Å². The van der Waals surface area contributed by atoms with Gasteiger partial charge in [-0.2, -0.15) is 5.06 Å². The highest BCUT2D eigenvalue weighted by Crippen LogP contribution is 2.28. The molecule has 0 fully saturated rings. The minimum atomic E-state index is -0.178. The highest BCUT2D eigenvalue weighted by Gasteiger charge is 2.20. The zero-order valence-electron chi connectivity index (χ0n) is 12.3. The van der Waals surface area contributed by atoms with Crippen LogP contribution in [0, 0.1) is 0 Å². The van der Waals surface area contributed by atoms with Crippen molar-refractivity contribution in [1.29, 1.82) is 0 Å². The summed E-state index contributed by atoms with van der Waals surface area (Å²) in [5.41, 5.74) is 3.24. The Morgan fingerprint density at radius 3 is 1.50 bits per heavy atom. The molecule has 110 valence electrons. The van der Waals surface area contributed by atoms with Gasteiger partial charge < -0.3 is 5.21 Å². The van der Waals surface area contributed by atoms with E-state index in [0.717, 1.165) is 16.7 Å². The molecule has 0 aliphatic carbocycles. The maximum atomic E-state index is 10.7. The Kier molecular flexibility index (Phi) is 4.64. The third-order valence-corrected chi connectivity index (χ3v) is 3.72. The summed E-state index contributed by atoms with van der Waals surface area (Å²) in [6.45, 7) is 0.481. The lowest BCUT2D eigenvalue weighted by Gasteiger charge is -2.27. The number of benzene rings is 3. The van der Waals surface area contributed by atoms with Gasteiger partial charge in [0.2, 0.25) is 0 Å². The van der Waals surface area contributed by atoms with Crippen LogP contribution in [0.25, 0.3) is 0 Å². The molecule has 3 aromatic rings. The van der Waals surface area contributed by atoms with Crippen molar-refractivity contribution in [1.82, 2.24) is 5.06 Å². The van der Waals surface area contributed by atoms with Crippen molar-refractivity contribution in [2.24, 2.45) is 0 Å². The van der Waals surface area contributed by atoms with E-state index >= 15 is 0 Å². The van der Waals surface area contributed by atoms with Gasteiger partial charge in [-0.3, -0.25) is 0 Å². The molecule has 1 N–H and O–H groups in total. The Labute approximate surface area is 131 Å². The van der Waals surface area contributed by atoms with E-state index in [1.807, 2.05) is 91.0 Å². The molecule has 2 nitrogen and oxygen atoms in total. The molecule has 22 heavy (non-hydrogen) atoms. The largest absolute Gasteiger partial charge is 0.313 e. The highest BCUT2D eigenvalue weighted by atomic mass is 16.5. The zero-order valence-corrected chi connectivity index (χ0v) is 12.3. The predicted molar refractivity (Wildman–Crippen MR) is 88.5 cm³/mol. The fourth-order valence-corrected chi connectivity index (χ4v) is 2.67. The summed E-state index contributed by atoms with van der Waals surface area (Å²) in [6.07, 6.45) is 0. The second-order valence-corrected chi connectivity index (χ2v) is 5.31. The van der Waals surface area contributed by atoms with E-state index in [1.54, 1.807) is 0 Å². The van der Waals surface area contributed by atoms with Crippen molar-refractivity contribution in [2.75, 3.05) is 0 Å². The average Bonchev–Trinajstić information content (AvgIpc) is 2.58. The standard InChI is InChI=1S/C20H19NO/c22-21(16-17-10-4-1-5-11-17)20(18-12-6-2-7-13-18)19-14-8-3-9-15-19/h1-15,20,22H,16H2. The number of nitrogens with zero attached hydrogens (tertiary/aromatic N) is 1. The molecule has 0 heterocycles. The molecule has 0 aliphatic heterocycles. The SMILES string of the molecule is ON(Cc1ccccc1)C(c1ccccc1)c1ccccc1. The minimum Gasteiger partial charge on any atom is -0.313 e. The Balaban J connectivity index is 1.92. The summed E-state index contributed by atoms with van der Waals surface area (Å²) in [7, 11) is 0. The van der Waals surface area contributed by atoms with E-state index in [1.165, 1.54) is 5.06 Å². The van der Waals surface area contributed by atoms with Crippen molar-refractivity contribution >= 4 is 0 Å². The van der Waals surface area contributed by atoms with E-state index in [4.69, 9.17) is 0 Å². The maximum Gasteiger partial charge on any atom is 0.0853 e. The number of hydroxylamine groups is 2. The molecule has 0 amide bonds. The predicted octanol–water partition coefficient (Wildman–Crippen LogP) is 4.67. The van der Waals surface area contributed by atoms with Crippen molar-refractivity contribution in [3.05, 3.63) is 108 Å².